The number of hydrogen-bond acceptors (Lipinski definition) is 6. The lowest BCUT2D eigenvalue weighted by molar-refractivity contribution is -0.143. The zero-order valence-corrected chi connectivity index (χ0v) is 20.3. The Morgan fingerprint density at radius 1 is 1.21 bits per heavy atom. The van der Waals surface area contributed by atoms with Crippen molar-refractivity contribution >= 4 is 17.3 Å². The topological polar surface area (TPSA) is 91.3 Å². The van der Waals surface area contributed by atoms with Crippen LogP contribution in [-0.2, 0) is 25.5 Å². The second-order valence-corrected chi connectivity index (χ2v) is 9.58. The number of benzene rings is 1. The maximum atomic E-state index is 12.7. The molecular weight excluding hydrogens is 436 g/mol. The third-order valence-corrected chi connectivity index (χ3v) is 6.90. The molecule has 2 heterocycles. The minimum absolute atomic E-state index is 0.163. The monoisotopic (exact) mass is 470 g/mol. The SMILES string of the molecule is CCc1cc2c(cc1OCCCOC)OC(C1(C)COC1)C1=C2CCCCC(=O)C(C(=O)O)=C1. The van der Waals surface area contributed by atoms with Gasteiger partial charge in [0, 0.05) is 38.2 Å². The highest BCUT2D eigenvalue weighted by Gasteiger charge is 2.47. The lowest BCUT2D eigenvalue weighted by atomic mass is 9.74. The van der Waals surface area contributed by atoms with Gasteiger partial charge in [0.25, 0.3) is 0 Å². The summed E-state index contributed by atoms with van der Waals surface area (Å²) < 4.78 is 23.3. The molecule has 1 unspecified atom stereocenters. The first-order valence-corrected chi connectivity index (χ1v) is 12.1. The van der Waals surface area contributed by atoms with Gasteiger partial charge in [-0.3, -0.25) is 4.79 Å². The number of ketones is 1. The van der Waals surface area contributed by atoms with Gasteiger partial charge >= 0.3 is 5.97 Å². The molecule has 2 aliphatic heterocycles. The van der Waals surface area contributed by atoms with Crippen molar-refractivity contribution < 1.29 is 33.6 Å². The second-order valence-electron chi connectivity index (χ2n) is 9.58. The van der Waals surface area contributed by atoms with Gasteiger partial charge in [-0.2, -0.15) is 0 Å². The van der Waals surface area contributed by atoms with Crippen LogP contribution in [0, 0.1) is 5.41 Å². The molecule has 0 radical (unpaired) electrons. The van der Waals surface area contributed by atoms with Crippen molar-refractivity contribution in [1.82, 2.24) is 0 Å². The molecule has 7 nitrogen and oxygen atoms in total. The van der Waals surface area contributed by atoms with Crippen molar-refractivity contribution in [3.05, 3.63) is 40.5 Å². The Hall–Kier alpha value is -2.64. The van der Waals surface area contributed by atoms with Gasteiger partial charge in [0.15, 0.2) is 5.78 Å². The molecule has 1 saturated heterocycles. The van der Waals surface area contributed by atoms with Crippen LogP contribution in [0.5, 0.6) is 11.5 Å². The van der Waals surface area contributed by atoms with Gasteiger partial charge in [0.05, 0.1) is 25.2 Å². The third-order valence-electron chi connectivity index (χ3n) is 6.90. The summed E-state index contributed by atoms with van der Waals surface area (Å²) in [6, 6.07) is 4.08. The molecule has 1 N–H and O–H groups in total. The van der Waals surface area contributed by atoms with Gasteiger partial charge in [-0.05, 0) is 54.5 Å². The number of carboxylic acid groups (broad SMARTS) is 1. The number of Topliss-reactive ketones (excluding diaryl/α,β-unsaturated/α-hetero) is 1. The van der Waals surface area contributed by atoms with E-state index in [1.165, 1.54) is 0 Å². The van der Waals surface area contributed by atoms with Crippen LogP contribution >= 0.6 is 0 Å². The summed E-state index contributed by atoms with van der Waals surface area (Å²) in [6.45, 7) is 6.39. The van der Waals surface area contributed by atoms with Gasteiger partial charge in [-0.1, -0.05) is 13.8 Å². The van der Waals surface area contributed by atoms with E-state index in [2.05, 4.69) is 19.9 Å². The lowest BCUT2D eigenvalue weighted by Gasteiger charge is -2.47. The van der Waals surface area contributed by atoms with Gasteiger partial charge in [-0.25, -0.2) is 4.79 Å². The van der Waals surface area contributed by atoms with Crippen molar-refractivity contribution in [3.8, 4) is 11.5 Å². The molecule has 4 rings (SSSR count). The maximum absolute atomic E-state index is 12.7. The van der Waals surface area contributed by atoms with E-state index < -0.39 is 12.1 Å². The average molecular weight is 471 g/mol. The molecule has 34 heavy (non-hydrogen) atoms. The Morgan fingerprint density at radius 2 is 1.97 bits per heavy atom. The number of hydrogen-bond donors (Lipinski definition) is 1. The van der Waals surface area contributed by atoms with E-state index >= 15 is 0 Å². The summed E-state index contributed by atoms with van der Waals surface area (Å²) in [5.74, 6) is 0.0315. The Morgan fingerprint density at radius 3 is 2.62 bits per heavy atom. The molecule has 1 aromatic rings. The molecule has 0 bridgehead atoms. The zero-order valence-electron chi connectivity index (χ0n) is 20.3. The molecule has 0 aromatic heterocycles. The van der Waals surface area contributed by atoms with Crippen LogP contribution in [0.15, 0.2) is 29.4 Å². The number of allylic oxidation sites excluding steroid dienone is 1. The van der Waals surface area contributed by atoms with Crippen molar-refractivity contribution in [2.75, 3.05) is 33.5 Å². The lowest BCUT2D eigenvalue weighted by Crippen LogP contribution is -2.53. The highest BCUT2D eigenvalue weighted by molar-refractivity contribution is 6.17. The van der Waals surface area contributed by atoms with E-state index in [0.29, 0.717) is 32.8 Å². The van der Waals surface area contributed by atoms with Gasteiger partial charge in [-0.15, -0.1) is 0 Å². The second kappa shape index (κ2) is 10.3. The van der Waals surface area contributed by atoms with Gasteiger partial charge in [0.1, 0.15) is 23.2 Å². The maximum Gasteiger partial charge on any atom is 0.339 e. The van der Waals surface area contributed by atoms with Crippen molar-refractivity contribution in [2.24, 2.45) is 5.41 Å². The molecule has 0 amide bonds. The fraction of sp³-hybridized carbons (Fsp3) is 0.556. The number of carbonyl (C=O) groups is 2. The number of rotatable bonds is 8. The zero-order chi connectivity index (χ0) is 24.3. The van der Waals surface area contributed by atoms with E-state index in [1.807, 2.05) is 6.07 Å². The molecule has 1 fully saturated rings. The molecule has 0 saturated carbocycles. The summed E-state index contributed by atoms with van der Waals surface area (Å²) in [4.78, 5) is 24.6. The molecular formula is C27H34O7. The Kier molecular flexibility index (Phi) is 7.43. The number of aliphatic carboxylic acids is 1. The van der Waals surface area contributed by atoms with E-state index in [-0.39, 0.29) is 23.2 Å². The molecule has 3 aliphatic rings. The number of aryl methyl sites for hydroxylation is 1. The fourth-order valence-electron chi connectivity index (χ4n) is 4.91. The first kappa shape index (κ1) is 24.5. The number of carbonyl (C=O) groups excluding carboxylic acids is 1. The van der Waals surface area contributed by atoms with Crippen LogP contribution in [0.1, 0.15) is 57.1 Å². The molecule has 0 spiro atoms. The summed E-state index contributed by atoms with van der Waals surface area (Å²) in [5, 5.41) is 9.80. The summed E-state index contributed by atoms with van der Waals surface area (Å²) >= 11 is 0. The molecule has 1 aromatic carbocycles. The number of carboxylic acids is 1. The first-order chi connectivity index (χ1) is 16.4. The smallest absolute Gasteiger partial charge is 0.339 e. The minimum atomic E-state index is -1.19. The predicted molar refractivity (Wildman–Crippen MR) is 127 cm³/mol. The minimum Gasteiger partial charge on any atom is -0.493 e. The van der Waals surface area contributed by atoms with Crippen molar-refractivity contribution in [3.63, 3.8) is 0 Å². The molecule has 1 atom stereocenters. The third kappa shape index (κ3) is 4.77. The van der Waals surface area contributed by atoms with Crippen molar-refractivity contribution in [2.45, 2.75) is 58.5 Å². The Balaban J connectivity index is 1.84. The van der Waals surface area contributed by atoms with Crippen LogP contribution in [0.4, 0.5) is 0 Å². The van der Waals surface area contributed by atoms with E-state index in [0.717, 1.165) is 59.5 Å². The van der Waals surface area contributed by atoms with Gasteiger partial charge in [0.2, 0.25) is 0 Å². The molecule has 184 valence electrons. The van der Waals surface area contributed by atoms with E-state index in [9.17, 15) is 14.7 Å². The Labute approximate surface area is 200 Å². The first-order valence-electron chi connectivity index (χ1n) is 12.1. The average Bonchev–Trinajstić information content (AvgIpc) is 2.88. The standard InChI is InChI=1S/C27H34O7/c1-4-17-12-19-18-8-5-6-9-22(28)21(26(29)30)13-20(18)25(27(2)15-32-16-27)34-24(19)14-23(17)33-11-7-10-31-3/h12-14,25H,4-11,15-16H2,1-3H3,(H,29,30). The number of fused-ring (bicyclic) bond motifs is 2. The number of methoxy groups -OCH3 is 1. The van der Waals surface area contributed by atoms with Crippen LogP contribution in [0.3, 0.4) is 0 Å². The van der Waals surface area contributed by atoms with Crippen molar-refractivity contribution in [1.29, 1.82) is 0 Å². The quantitative estimate of drug-likeness (QED) is 0.446. The summed E-state index contributed by atoms with van der Waals surface area (Å²) in [6.07, 6.45) is 5.21. The normalized spacial score (nSPS) is 21.7. The van der Waals surface area contributed by atoms with Gasteiger partial charge < -0.3 is 24.1 Å². The number of ether oxygens (including phenoxy) is 4. The molecule has 7 heteroatoms. The predicted octanol–water partition coefficient (Wildman–Crippen LogP) is 4.37. The fourth-order valence-corrected chi connectivity index (χ4v) is 4.91. The highest BCUT2D eigenvalue weighted by Crippen LogP contribution is 2.48. The largest absolute Gasteiger partial charge is 0.493 e. The molecule has 1 aliphatic carbocycles. The Bertz CT molecular complexity index is 1020. The van der Waals surface area contributed by atoms with E-state index in [1.54, 1.807) is 13.2 Å². The van der Waals surface area contributed by atoms with Crippen LogP contribution in [-0.4, -0.2) is 56.5 Å². The highest BCUT2D eigenvalue weighted by atomic mass is 16.5. The summed E-state index contributed by atoms with van der Waals surface area (Å²) in [7, 11) is 1.68. The van der Waals surface area contributed by atoms with Crippen LogP contribution in [0.2, 0.25) is 0 Å². The van der Waals surface area contributed by atoms with E-state index in [4.69, 9.17) is 18.9 Å². The summed E-state index contributed by atoms with van der Waals surface area (Å²) in [5.41, 5.74) is 3.42. The van der Waals surface area contributed by atoms with Crippen LogP contribution < -0.4 is 9.47 Å². The van der Waals surface area contributed by atoms with Crippen LogP contribution in [0.25, 0.3) is 5.57 Å².